The Bertz CT molecular complexity index is 484. The van der Waals surface area contributed by atoms with Crippen LogP contribution in [0.25, 0.3) is 0 Å². The number of ether oxygens (including phenoxy) is 2. The van der Waals surface area contributed by atoms with E-state index in [1.165, 1.54) is 12.1 Å². The molecule has 110 valence electrons. The molecule has 1 saturated heterocycles. The van der Waals surface area contributed by atoms with Gasteiger partial charge in [-0.15, -0.1) is 0 Å². The summed E-state index contributed by atoms with van der Waals surface area (Å²) in [5.74, 6) is 0. The van der Waals surface area contributed by atoms with E-state index in [9.17, 15) is 10.1 Å². The lowest BCUT2D eigenvalue weighted by molar-refractivity contribution is -0.384. The third-order valence-electron chi connectivity index (χ3n) is 3.35. The molecule has 6 heteroatoms. The second-order valence-corrected chi connectivity index (χ2v) is 5.61. The average Bonchev–Trinajstić information content (AvgIpc) is 2.36. The van der Waals surface area contributed by atoms with Crippen LogP contribution < -0.4 is 0 Å². The normalized spacial score (nSPS) is 26.4. The fourth-order valence-electron chi connectivity index (χ4n) is 2.48. The molecule has 5 nitrogen and oxygen atoms in total. The first-order valence-corrected chi connectivity index (χ1v) is 7.03. The Balaban J connectivity index is 1.97. The minimum atomic E-state index is -0.482. The topological polar surface area (TPSA) is 61.6 Å². The minimum Gasteiger partial charge on any atom is -0.375 e. The van der Waals surface area contributed by atoms with Gasteiger partial charge in [-0.25, -0.2) is 0 Å². The smallest absolute Gasteiger partial charge is 0.288 e. The number of hydrogen-bond acceptors (Lipinski definition) is 4. The molecule has 0 radical (unpaired) electrons. The van der Waals surface area contributed by atoms with E-state index in [0.29, 0.717) is 6.61 Å². The third kappa shape index (κ3) is 3.91. The van der Waals surface area contributed by atoms with Gasteiger partial charge in [-0.2, -0.15) is 0 Å². The van der Waals surface area contributed by atoms with Crippen LogP contribution in [-0.4, -0.2) is 23.2 Å². The highest BCUT2D eigenvalue weighted by atomic mass is 35.5. The molecule has 0 amide bonds. The van der Waals surface area contributed by atoms with Crippen LogP contribution in [0, 0.1) is 10.1 Å². The fourth-order valence-corrected chi connectivity index (χ4v) is 2.67. The molecular weight excluding hydrogens is 282 g/mol. The number of benzene rings is 1. The summed E-state index contributed by atoms with van der Waals surface area (Å²) in [6, 6.07) is 4.75. The summed E-state index contributed by atoms with van der Waals surface area (Å²) in [6.45, 7) is 4.40. The first kappa shape index (κ1) is 15.2. The Labute approximate surface area is 123 Å². The molecule has 1 aromatic carbocycles. The van der Waals surface area contributed by atoms with Gasteiger partial charge in [0.05, 0.1) is 29.8 Å². The van der Waals surface area contributed by atoms with Crippen molar-refractivity contribution in [3.05, 3.63) is 38.9 Å². The minimum absolute atomic E-state index is 0.0820. The van der Waals surface area contributed by atoms with Crippen molar-refractivity contribution in [2.24, 2.45) is 0 Å². The van der Waals surface area contributed by atoms with Gasteiger partial charge >= 0.3 is 0 Å². The quantitative estimate of drug-likeness (QED) is 0.628. The molecule has 0 spiro atoms. The fraction of sp³-hybridized carbons (Fsp3) is 0.571. The molecule has 1 heterocycles. The van der Waals surface area contributed by atoms with Crippen molar-refractivity contribution in [2.75, 3.05) is 0 Å². The Hall–Kier alpha value is -1.17. The van der Waals surface area contributed by atoms with Gasteiger partial charge < -0.3 is 9.47 Å². The number of halogens is 1. The van der Waals surface area contributed by atoms with Gasteiger partial charge in [0.15, 0.2) is 0 Å². The van der Waals surface area contributed by atoms with E-state index in [2.05, 4.69) is 0 Å². The molecule has 2 unspecified atom stereocenters. The summed E-state index contributed by atoms with van der Waals surface area (Å²) in [7, 11) is 0. The molecule has 0 bridgehead atoms. The monoisotopic (exact) mass is 299 g/mol. The number of rotatable bonds is 4. The molecule has 20 heavy (non-hydrogen) atoms. The SMILES string of the molecule is CC1CC(OCc2ccc(Cl)c([N+](=O)[O-])c2)CC(C)O1. The summed E-state index contributed by atoms with van der Waals surface area (Å²) in [6.07, 6.45) is 2.19. The first-order chi connectivity index (χ1) is 9.45. The largest absolute Gasteiger partial charge is 0.375 e. The summed E-state index contributed by atoms with van der Waals surface area (Å²) in [4.78, 5) is 10.3. The molecule has 0 aromatic heterocycles. The van der Waals surface area contributed by atoms with Crippen LogP contribution in [0.15, 0.2) is 18.2 Å². The highest BCUT2D eigenvalue weighted by molar-refractivity contribution is 6.32. The van der Waals surface area contributed by atoms with Crippen LogP contribution in [0.5, 0.6) is 0 Å². The molecule has 0 N–H and O–H groups in total. The maximum Gasteiger partial charge on any atom is 0.288 e. The van der Waals surface area contributed by atoms with Gasteiger partial charge in [-0.3, -0.25) is 10.1 Å². The lowest BCUT2D eigenvalue weighted by atomic mass is 10.0. The number of nitro benzene ring substituents is 1. The molecule has 1 aliphatic heterocycles. The van der Waals surface area contributed by atoms with E-state index >= 15 is 0 Å². The second kappa shape index (κ2) is 6.52. The van der Waals surface area contributed by atoms with Crippen LogP contribution in [0.1, 0.15) is 32.3 Å². The lowest BCUT2D eigenvalue weighted by Gasteiger charge is -2.32. The predicted octanol–water partition coefficient (Wildman–Crippen LogP) is 3.72. The molecule has 1 aromatic rings. The molecule has 1 aliphatic rings. The molecular formula is C14H18ClNO4. The predicted molar refractivity (Wildman–Crippen MR) is 75.9 cm³/mol. The van der Waals surface area contributed by atoms with E-state index in [0.717, 1.165) is 18.4 Å². The van der Waals surface area contributed by atoms with Gasteiger partial charge in [0.25, 0.3) is 5.69 Å². The maximum atomic E-state index is 10.8. The number of nitrogens with zero attached hydrogens (tertiary/aromatic N) is 1. The van der Waals surface area contributed by atoms with Crippen molar-refractivity contribution >= 4 is 17.3 Å². The van der Waals surface area contributed by atoms with Gasteiger partial charge in [0.2, 0.25) is 0 Å². The van der Waals surface area contributed by atoms with Gasteiger partial charge in [0, 0.05) is 6.07 Å². The molecule has 0 saturated carbocycles. The van der Waals surface area contributed by atoms with Crippen LogP contribution in [0.2, 0.25) is 5.02 Å². The second-order valence-electron chi connectivity index (χ2n) is 5.20. The van der Waals surface area contributed by atoms with E-state index < -0.39 is 4.92 Å². The molecule has 1 fully saturated rings. The van der Waals surface area contributed by atoms with Crippen molar-refractivity contribution in [3.63, 3.8) is 0 Å². The Morgan fingerprint density at radius 2 is 2.05 bits per heavy atom. The zero-order valence-electron chi connectivity index (χ0n) is 11.5. The summed E-state index contributed by atoms with van der Waals surface area (Å²) in [5.41, 5.74) is 0.675. The highest BCUT2D eigenvalue weighted by Gasteiger charge is 2.25. The first-order valence-electron chi connectivity index (χ1n) is 6.65. The van der Waals surface area contributed by atoms with E-state index in [1.54, 1.807) is 6.07 Å². The standard InChI is InChI=1S/C14H18ClNO4/c1-9-5-12(6-10(2)20-9)19-8-11-3-4-13(15)14(7-11)16(17)18/h3-4,7,9-10,12H,5-6,8H2,1-2H3. The lowest BCUT2D eigenvalue weighted by Crippen LogP contribution is -2.33. The third-order valence-corrected chi connectivity index (χ3v) is 3.67. The summed E-state index contributed by atoms with van der Waals surface area (Å²) in [5, 5.41) is 11.0. The average molecular weight is 300 g/mol. The number of nitro groups is 1. The van der Waals surface area contributed by atoms with Crippen LogP contribution >= 0.6 is 11.6 Å². The van der Waals surface area contributed by atoms with Crippen LogP contribution in [0.4, 0.5) is 5.69 Å². The molecule has 2 rings (SSSR count). The van der Waals surface area contributed by atoms with E-state index in [-0.39, 0.29) is 29.0 Å². The van der Waals surface area contributed by atoms with Crippen LogP contribution in [-0.2, 0) is 16.1 Å². The van der Waals surface area contributed by atoms with Crippen LogP contribution in [0.3, 0.4) is 0 Å². The van der Waals surface area contributed by atoms with Crippen molar-refractivity contribution in [1.82, 2.24) is 0 Å². The Kier molecular flexibility index (Phi) is 4.96. The zero-order valence-corrected chi connectivity index (χ0v) is 12.3. The Morgan fingerprint density at radius 1 is 1.40 bits per heavy atom. The van der Waals surface area contributed by atoms with Crippen molar-refractivity contribution in [1.29, 1.82) is 0 Å². The Morgan fingerprint density at radius 3 is 2.65 bits per heavy atom. The molecule has 2 atom stereocenters. The van der Waals surface area contributed by atoms with Crippen molar-refractivity contribution in [3.8, 4) is 0 Å². The zero-order chi connectivity index (χ0) is 14.7. The van der Waals surface area contributed by atoms with E-state index in [1.807, 2.05) is 13.8 Å². The van der Waals surface area contributed by atoms with Gasteiger partial charge in [0.1, 0.15) is 5.02 Å². The summed E-state index contributed by atoms with van der Waals surface area (Å²) >= 11 is 5.78. The van der Waals surface area contributed by atoms with Crippen molar-refractivity contribution in [2.45, 2.75) is 51.6 Å². The van der Waals surface area contributed by atoms with E-state index in [4.69, 9.17) is 21.1 Å². The van der Waals surface area contributed by atoms with Gasteiger partial charge in [-0.1, -0.05) is 17.7 Å². The highest BCUT2D eigenvalue weighted by Crippen LogP contribution is 2.27. The van der Waals surface area contributed by atoms with Gasteiger partial charge in [-0.05, 0) is 38.3 Å². The van der Waals surface area contributed by atoms with Crippen molar-refractivity contribution < 1.29 is 14.4 Å². The number of hydrogen-bond donors (Lipinski definition) is 0. The summed E-state index contributed by atoms with van der Waals surface area (Å²) < 4.78 is 11.5. The maximum absolute atomic E-state index is 10.8. The molecule has 0 aliphatic carbocycles.